The number of hydrogen-bond acceptors (Lipinski definition) is 5. The summed E-state index contributed by atoms with van der Waals surface area (Å²) in [5.41, 5.74) is 1.87. The van der Waals surface area contributed by atoms with Crippen LogP contribution >= 0.6 is 11.3 Å². The van der Waals surface area contributed by atoms with E-state index in [-0.39, 0.29) is 4.21 Å². The van der Waals surface area contributed by atoms with Crippen molar-refractivity contribution >= 4 is 42.8 Å². The average molecular weight is 372 g/mol. The van der Waals surface area contributed by atoms with Crippen molar-refractivity contribution < 1.29 is 16.8 Å². The molecular weight excluding hydrogens is 356 g/mol. The van der Waals surface area contributed by atoms with Crippen LogP contribution in [0.2, 0.25) is 0 Å². The highest BCUT2D eigenvalue weighted by molar-refractivity contribution is 7.94. The minimum absolute atomic E-state index is 0.258. The van der Waals surface area contributed by atoms with Gasteiger partial charge in [0, 0.05) is 17.1 Å². The molecule has 0 atom stereocenters. The molecule has 0 fully saturated rings. The lowest BCUT2D eigenvalue weighted by Gasteiger charge is -2.16. The summed E-state index contributed by atoms with van der Waals surface area (Å²) >= 11 is 1.21. The van der Waals surface area contributed by atoms with Crippen molar-refractivity contribution in [1.29, 1.82) is 0 Å². The van der Waals surface area contributed by atoms with Crippen LogP contribution in [0.25, 0.3) is 0 Å². The number of nitrogens with one attached hydrogen (secondary N) is 1. The SMILES string of the molecule is Cc1ccc(S(=O)(=O)Nc2ccc3c(c2)CCN3S(C)(=O)=O)s1. The fourth-order valence-electron chi connectivity index (χ4n) is 2.54. The van der Waals surface area contributed by atoms with Gasteiger partial charge in [0.05, 0.1) is 11.9 Å². The number of hydrogen-bond donors (Lipinski definition) is 1. The molecule has 6 nitrogen and oxygen atoms in total. The highest BCUT2D eigenvalue weighted by Crippen LogP contribution is 2.33. The Kier molecular flexibility index (Phi) is 3.89. The van der Waals surface area contributed by atoms with Crippen LogP contribution in [-0.4, -0.2) is 29.6 Å². The van der Waals surface area contributed by atoms with E-state index in [4.69, 9.17) is 0 Å². The molecule has 124 valence electrons. The Morgan fingerprint density at radius 1 is 1.13 bits per heavy atom. The zero-order valence-corrected chi connectivity index (χ0v) is 15.1. The molecule has 3 rings (SSSR count). The van der Waals surface area contributed by atoms with Crippen LogP contribution in [-0.2, 0) is 26.5 Å². The fraction of sp³-hybridized carbons (Fsp3) is 0.286. The van der Waals surface area contributed by atoms with Crippen LogP contribution in [0.3, 0.4) is 0 Å². The van der Waals surface area contributed by atoms with Gasteiger partial charge in [0.1, 0.15) is 4.21 Å². The molecular formula is C14H16N2O4S3. The van der Waals surface area contributed by atoms with Crippen molar-refractivity contribution in [2.24, 2.45) is 0 Å². The Morgan fingerprint density at radius 3 is 2.48 bits per heavy atom. The van der Waals surface area contributed by atoms with Gasteiger partial charge in [-0.2, -0.15) is 0 Å². The van der Waals surface area contributed by atoms with Crippen molar-refractivity contribution in [2.75, 3.05) is 21.8 Å². The first-order valence-electron chi connectivity index (χ1n) is 6.87. The summed E-state index contributed by atoms with van der Waals surface area (Å²) in [6.45, 7) is 2.23. The first-order valence-corrected chi connectivity index (χ1v) is 11.0. The monoisotopic (exact) mass is 372 g/mol. The minimum atomic E-state index is -3.62. The summed E-state index contributed by atoms with van der Waals surface area (Å²) in [6.07, 6.45) is 1.73. The van der Waals surface area contributed by atoms with Gasteiger partial charge in [-0.1, -0.05) is 0 Å². The van der Waals surface area contributed by atoms with E-state index in [1.807, 2.05) is 6.92 Å². The number of fused-ring (bicyclic) bond motifs is 1. The molecule has 0 bridgehead atoms. The third kappa shape index (κ3) is 3.22. The van der Waals surface area contributed by atoms with Gasteiger partial charge in [0.15, 0.2) is 0 Å². The molecule has 0 amide bonds. The Hall–Kier alpha value is -1.58. The van der Waals surface area contributed by atoms with Gasteiger partial charge in [0.25, 0.3) is 10.0 Å². The van der Waals surface area contributed by atoms with Crippen LogP contribution in [0, 0.1) is 6.92 Å². The first kappa shape index (κ1) is 16.3. The molecule has 0 spiro atoms. The second kappa shape index (κ2) is 5.50. The zero-order valence-electron chi connectivity index (χ0n) is 12.6. The summed E-state index contributed by atoms with van der Waals surface area (Å²) in [5, 5.41) is 0. The fourth-order valence-corrected chi connectivity index (χ4v) is 5.83. The average Bonchev–Trinajstić information content (AvgIpc) is 3.03. The predicted octanol–water partition coefficient (Wildman–Crippen LogP) is 2.18. The molecule has 1 aromatic carbocycles. The van der Waals surface area contributed by atoms with Gasteiger partial charge in [-0.25, -0.2) is 16.8 Å². The van der Waals surface area contributed by atoms with Gasteiger partial charge < -0.3 is 0 Å². The predicted molar refractivity (Wildman–Crippen MR) is 92.2 cm³/mol. The quantitative estimate of drug-likeness (QED) is 0.892. The third-order valence-corrected chi connectivity index (χ3v) is 7.62. The van der Waals surface area contributed by atoms with Gasteiger partial charge in [0.2, 0.25) is 10.0 Å². The standard InChI is InChI=1S/C14H16N2O4S3/c1-10-3-6-14(21-10)23(19,20)15-12-4-5-13-11(9-12)7-8-16(13)22(2,17)18/h3-6,9,15H,7-8H2,1-2H3. The highest BCUT2D eigenvalue weighted by atomic mass is 32.2. The second-order valence-electron chi connectivity index (χ2n) is 5.40. The number of aryl methyl sites for hydroxylation is 1. The maximum atomic E-state index is 12.3. The number of anilines is 2. The molecule has 0 radical (unpaired) electrons. The maximum absolute atomic E-state index is 12.3. The minimum Gasteiger partial charge on any atom is -0.279 e. The first-order chi connectivity index (χ1) is 10.7. The van der Waals surface area contributed by atoms with Crippen molar-refractivity contribution in [1.82, 2.24) is 0 Å². The summed E-state index contributed by atoms with van der Waals surface area (Å²) in [7, 11) is -6.92. The summed E-state index contributed by atoms with van der Waals surface area (Å²) in [4.78, 5) is 0.920. The molecule has 1 aliphatic rings. The number of benzene rings is 1. The van der Waals surface area contributed by atoms with Crippen molar-refractivity contribution in [2.45, 2.75) is 17.6 Å². The molecule has 1 aromatic heterocycles. The van der Waals surface area contributed by atoms with Gasteiger partial charge in [-0.05, 0) is 49.2 Å². The normalized spacial score (nSPS) is 14.8. The van der Waals surface area contributed by atoms with Crippen LogP contribution < -0.4 is 9.03 Å². The largest absolute Gasteiger partial charge is 0.279 e. The van der Waals surface area contributed by atoms with Gasteiger partial charge >= 0.3 is 0 Å². The van der Waals surface area contributed by atoms with Crippen LogP contribution in [0.4, 0.5) is 11.4 Å². The molecule has 1 N–H and O–H groups in total. The zero-order chi connectivity index (χ0) is 16.8. The molecule has 2 heterocycles. The topological polar surface area (TPSA) is 83.6 Å². The molecule has 0 unspecified atom stereocenters. The lowest BCUT2D eigenvalue weighted by atomic mass is 10.1. The number of rotatable bonds is 4. The van der Waals surface area contributed by atoms with Crippen molar-refractivity contribution in [3.05, 3.63) is 40.8 Å². The van der Waals surface area contributed by atoms with Crippen molar-refractivity contribution in [3.63, 3.8) is 0 Å². The van der Waals surface area contributed by atoms with Crippen LogP contribution in [0.1, 0.15) is 10.4 Å². The van der Waals surface area contributed by atoms with E-state index in [1.54, 1.807) is 30.3 Å². The molecule has 0 saturated carbocycles. The lowest BCUT2D eigenvalue weighted by Crippen LogP contribution is -2.27. The summed E-state index contributed by atoms with van der Waals surface area (Å²) in [5.74, 6) is 0. The molecule has 0 aliphatic carbocycles. The highest BCUT2D eigenvalue weighted by Gasteiger charge is 2.26. The molecule has 2 aromatic rings. The molecule has 9 heteroatoms. The van der Waals surface area contributed by atoms with Crippen LogP contribution in [0.15, 0.2) is 34.5 Å². The molecule has 0 saturated heterocycles. The molecule has 23 heavy (non-hydrogen) atoms. The Bertz CT molecular complexity index is 962. The third-order valence-electron chi connectivity index (χ3n) is 3.57. The van der Waals surface area contributed by atoms with Gasteiger partial charge in [-0.3, -0.25) is 9.03 Å². The number of nitrogens with zero attached hydrogens (tertiary/aromatic N) is 1. The van der Waals surface area contributed by atoms with Crippen molar-refractivity contribution in [3.8, 4) is 0 Å². The Balaban J connectivity index is 1.90. The van der Waals surface area contributed by atoms with E-state index < -0.39 is 20.0 Å². The lowest BCUT2D eigenvalue weighted by molar-refractivity contribution is 0.597. The van der Waals surface area contributed by atoms with E-state index in [0.717, 1.165) is 16.7 Å². The van der Waals surface area contributed by atoms with E-state index >= 15 is 0 Å². The van der Waals surface area contributed by atoms with Gasteiger partial charge in [-0.15, -0.1) is 11.3 Å². The Morgan fingerprint density at radius 2 is 1.87 bits per heavy atom. The van der Waals surface area contributed by atoms with E-state index in [9.17, 15) is 16.8 Å². The maximum Gasteiger partial charge on any atom is 0.271 e. The number of thiophene rings is 1. The summed E-state index contributed by atoms with van der Waals surface area (Å²) in [6, 6.07) is 8.24. The smallest absolute Gasteiger partial charge is 0.271 e. The van der Waals surface area contributed by atoms with E-state index in [2.05, 4.69) is 4.72 Å². The summed E-state index contributed by atoms with van der Waals surface area (Å²) < 4.78 is 52.2. The van der Waals surface area contributed by atoms with E-state index in [0.29, 0.717) is 24.3 Å². The molecule has 1 aliphatic heterocycles. The van der Waals surface area contributed by atoms with E-state index in [1.165, 1.54) is 15.6 Å². The number of sulfonamides is 2. The second-order valence-corrected chi connectivity index (χ2v) is 10.5. The van der Waals surface area contributed by atoms with Crippen LogP contribution in [0.5, 0.6) is 0 Å². The Labute approximate surface area is 139 Å².